The molecule has 78 valence electrons. The van der Waals surface area contributed by atoms with Crippen molar-refractivity contribution in [2.75, 3.05) is 0 Å². The van der Waals surface area contributed by atoms with Crippen LogP contribution in [-0.2, 0) is 4.79 Å². The Labute approximate surface area is 85.3 Å². The third-order valence-electron chi connectivity index (χ3n) is 3.48. The van der Waals surface area contributed by atoms with Gasteiger partial charge in [-0.1, -0.05) is 26.5 Å². The van der Waals surface area contributed by atoms with E-state index in [1.807, 2.05) is 13.8 Å². The third kappa shape index (κ3) is 1.25. The number of ketones is 1. The average molecular weight is 194 g/mol. The number of carbonyl (C=O) groups excluding carboxylic acids is 1. The fourth-order valence-electron chi connectivity index (χ4n) is 2.10. The summed E-state index contributed by atoms with van der Waals surface area (Å²) in [5, 5.41) is 10.4. The highest BCUT2D eigenvalue weighted by Crippen LogP contribution is 2.45. The van der Waals surface area contributed by atoms with Crippen LogP contribution in [0.2, 0.25) is 0 Å². The molecule has 0 bridgehead atoms. The van der Waals surface area contributed by atoms with Gasteiger partial charge in [0.1, 0.15) is 5.60 Å². The van der Waals surface area contributed by atoms with Gasteiger partial charge < -0.3 is 5.11 Å². The van der Waals surface area contributed by atoms with Gasteiger partial charge >= 0.3 is 0 Å². The molecule has 0 saturated heterocycles. The van der Waals surface area contributed by atoms with Gasteiger partial charge in [0.25, 0.3) is 0 Å². The summed E-state index contributed by atoms with van der Waals surface area (Å²) in [5.74, 6) is 0.124. The smallest absolute Gasteiger partial charge is 0.159 e. The van der Waals surface area contributed by atoms with Crippen molar-refractivity contribution in [3.8, 4) is 0 Å². The van der Waals surface area contributed by atoms with Crippen molar-refractivity contribution in [3.05, 3.63) is 23.8 Å². The third-order valence-corrected chi connectivity index (χ3v) is 3.48. The first-order valence-electron chi connectivity index (χ1n) is 4.83. The largest absolute Gasteiger partial charge is 0.381 e. The molecule has 0 aromatic heterocycles. The predicted octanol–water partition coefficient (Wildman–Crippen LogP) is 2.24. The second kappa shape index (κ2) is 3.06. The van der Waals surface area contributed by atoms with Crippen LogP contribution in [0.15, 0.2) is 23.8 Å². The second-order valence-electron chi connectivity index (χ2n) is 4.70. The van der Waals surface area contributed by atoms with Crippen LogP contribution in [0.25, 0.3) is 0 Å². The molecule has 2 nitrogen and oxygen atoms in total. The van der Waals surface area contributed by atoms with Gasteiger partial charge in [-0.25, -0.2) is 0 Å². The Hall–Kier alpha value is -0.890. The molecule has 1 rings (SSSR count). The normalized spacial score (nSPS) is 31.9. The Morgan fingerprint density at radius 3 is 2.36 bits per heavy atom. The first-order chi connectivity index (χ1) is 6.26. The van der Waals surface area contributed by atoms with E-state index in [9.17, 15) is 9.90 Å². The lowest BCUT2D eigenvalue weighted by Gasteiger charge is -2.45. The quantitative estimate of drug-likeness (QED) is 0.650. The Balaban J connectivity index is 3.40. The number of hydrogen-bond acceptors (Lipinski definition) is 2. The molecule has 0 unspecified atom stereocenters. The Morgan fingerprint density at radius 2 is 1.93 bits per heavy atom. The lowest BCUT2D eigenvalue weighted by atomic mass is 9.63. The number of Topliss-reactive ketones (excluding diaryl/α,β-unsaturated/α-hetero) is 1. The standard InChI is InChI=1S/C12H18O2/c1-6-12(14)9(3)8(2)10(13)7-11(12,4)5/h6,14H,1,7H2,2-5H3/t12-/m1/s1. The molecular formula is C12H18O2. The zero-order valence-corrected chi connectivity index (χ0v) is 9.35. The van der Waals surface area contributed by atoms with Crippen molar-refractivity contribution >= 4 is 5.78 Å². The molecular weight excluding hydrogens is 176 g/mol. The summed E-state index contributed by atoms with van der Waals surface area (Å²) in [6, 6.07) is 0. The highest BCUT2D eigenvalue weighted by atomic mass is 16.3. The van der Waals surface area contributed by atoms with Crippen LogP contribution in [0, 0.1) is 5.41 Å². The predicted molar refractivity (Wildman–Crippen MR) is 56.9 cm³/mol. The average Bonchev–Trinajstić information content (AvgIpc) is 2.11. The van der Waals surface area contributed by atoms with E-state index in [1.165, 1.54) is 6.08 Å². The van der Waals surface area contributed by atoms with E-state index in [-0.39, 0.29) is 5.78 Å². The van der Waals surface area contributed by atoms with E-state index < -0.39 is 11.0 Å². The van der Waals surface area contributed by atoms with Gasteiger partial charge in [0.05, 0.1) is 0 Å². The molecule has 0 aromatic rings. The van der Waals surface area contributed by atoms with Crippen LogP contribution < -0.4 is 0 Å². The van der Waals surface area contributed by atoms with E-state index in [0.29, 0.717) is 12.0 Å². The highest BCUT2D eigenvalue weighted by molar-refractivity contribution is 5.97. The first-order valence-corrected chi connectivity index (χ1v) is 4.83. The summed E-state index contributed by atoms with van der Waals surface area (Å²) in [7, 11) is 0. The lowest BCUT2D eigenvalue weighted by molar-refractivity contribution is -0.122. The van der Waals surface area contributed by atoms with Crippen LogP contribution >= 0.6 is 0 Å². The Kier molecular flexibility index (Phi) is 2.44. The van der Waals surface area contributed by atoms with Crippen LogP contribution in [0.1, 0.15) is 34.1 Å². The van der Waals surface area contributed by atoms with Crippen LogP contribution in [0.4, 0.5) is 0 Å². The van der Waals surface area contributed by atoms with Gasteiger partial charge in [0.15, 0.2) is 5.78 Å². The number of allylic oxidation sites excluding steroid dienone is 1. The molecule has 0 fully saturated rings. The molecule has 0 saturated carbocycles. The van der Waals surface area contributed by atoms with Crippen molar-refractivity contribution in [1.29, 1.82) is 0 Å². The van der Waals surface area contributed by atoms with Crippen molar-refractivity contribution in [1.82, 2.24) is 0 Å². The van der Waals surface area contributed by atoms with E-state index in [4.69, 9.17) is 0 Å². The summed E-state index contributed by atoms with van der Waals surface area (Å²) < 4.78 is 0. The summed E-state index contributed by atoms with van der Waals surface area (Å²) >= 11 is 0. The maximum atomic E-state index is 11.6. The number of carbonyl (C=O) groups is 1. The summed E-state index contributed by atoms with van der Waals surface area (Å²) in [4.78, 5) is 11.6. The highest BCUT2D eigenvalue weighted by Gasteiger charge is 2.48. The number of hydrogen-bond donors (Lipinski definition) is 1. The molecule has 0 spiro atoms. The van der Waals surface area contributed by atoms with Crippen molar-refractivity contribution in [3.63, 3.8) is 0 Å². The lowest BCUT2D eigenvalue weighted by Crippen LogP contribution is -2.49. The van der Waals surface area contributed by atoms with Crippen molar-refractivity contribution < 1.29 is 9.90 Å². The fraction of sp³-hybridized carbons (Fsp3) is 0.583. The topological polar surface area (TPSA) is 37.3 Å². The minimum absolute atomic E-state index is 0.124. The monoisotopic (exact) mass is 194 g/mol. The summed E-state index contributed by atoms with van der Waals surface area (Å²) in [5.41, 5.74) is -0.110. The molecule has 0 amide bonds. The van der Waals surface area contributed by atoms with E-state index in [0.717, 1.165) is 5.57 Å². The minimum atomic E-state index is -1.05. The fourth-order valence-corrected chi connectivity index (χ4v) is 2.10. The summed E-state index contributed by atoms with van der Waals surface area (Å²) in [6.45, 7) is 11.0. The zero-order chi connectivity index (χ0) is 11.1. The van der Waals surface area contributed by atoms with Gasteiger partial charge in [-0.3, -0.25) is 4.79 Å². The molecule has 1 atom stereocenters. The van der Waals surface area contributed by atoms with Crippen molar-refractivity contribution in [2.24, 2.45) is 5.41 Å². The number of rotatable bonds is 1. The molecule has 1 N–H and O–H groups in total. The van der Waals surface area contributed by atoms with E-state index in [1.54, 1.807) is 13.8 Å². The molecule has 0 radical (unpaired) electrons. The first kappa shape index (κ1) is 11.2. The molecule has 0 aromatic carbocycles. The zero-order valence-electron chi connectivity index (χ0n) is 9.35. The van der Waals surface area contributed by atoms with Crippen LogP contribution in [0.5, 0.6) is 0 Å². The SMILES string of the molecule is C=C[C@@]1(O)C(C)=C(C)C(=O)CC1(C)C. The maximum Gasteiger partial charge on any atom is 0.159 e. The minimum Gasteiger partial charge on any atom is -0.381 e. The number of aliphatic hydroxyl groups is 1. The summed E-state index contributed by atoms with van der Waals surface area (Å²) in [6.07, 6.45) is 1.91. The Morgan fingerprint density at radius 1 is 1.43 bits per heavy atom. The molecule has 0 heterocycles. The molecule has 1 aliphatic carbocycles. The van der Waals surface area contributed by atoms with Gasteiger partial charge in [0.2, 0.25) is 0 Å². The molecule has 14 heavy (non-hydrogen) atoms. The maximum absolute atomic E-state index is 11.6. The molecule has 1 aliphatic rings. The second-order valence-corrected chi connectivity index (χ2v) is 4.70. The van der Waals surface area contributed by atoms with Crippen LogP contribution in [-0.4, -0.2) is 16.5 Å². The van der Waals surface area contributed by atoms with Gasteiger partial charge in [-0.15, -0.1) is 0 Å². The van der Waals surface area contributed by atoms with Gasteiger partial charge in [-0.05, 0) is 25.0 Å². The molecule has 2 heteroatoms. The van der Waals surface area contributed by atoms with E-state index in [2.05, 4.69) is 6.58 Å². The van der Waals surface area contributed by atoms with Crippen molar-refractivity contribution in [2.45, 2.75) is 39.7 Å². The van der Waals surface area contributed by atoms with Crippen LogP contribution in [0.3, 0.4) is 0 Å². The Bertz CT molecular complexity index is 323. The van der Waals surface area contributed by atoms with Gasteiger partial charge in [-0.2, -0.15) is 0 Å². The van der Waals surface area contributed by atoms with Gasteiger partial charge in [0, 0.05) is 11.8 Å². The van der Waals surface area contributed by atoms with E-state index >= 15 is 0 Å². The molecule has 0 aliphatic heterocycles.